The number of rotatable bonds is 5. The van der Waals surface area contributed by atoms with Gasteiger partial charge >= 0.3 is 0 Å². The van der Waals surface area contributed by atoms with Gasteiger partial charge in [-0.25, -0.2) is 0 Å². The van der Waals surface area contributed by atoms with Gasteiger partial charge < -0.3 is 19.9 Å². The van der Waals surface area contributed by atoms with Gasteiger partial charge in [0.15, 0.2) is 0 Å². The van der Waals surface area contributed by atoms with Crippen molar-refractivity contribution in [3.8, 4) is 11.3 Å². The number of aryl methyl sites for hydroxylation is 1. The Bertz CT molecular complexity index is 931. The number of carbonyl (C=O) groups excluding carboxylic acids is 1. The van der Waals surface area contributed by atoms with E-state index in [0.29, 0.717) is 22.7 Å². The summed E-state index contributed by atoms with van der Waals surface area (Å²) in [6.07, 6.45) is -1.03. The first-order valence-electron chi connectivity index (χ1n) is 7.73. The number of nitrogens with zero attached hydrogens (tertiary/aromatic N) is 1. The number of benzene rings is 1. The second-order valence-electron chi connectivity index (χ2n) is 5.52. The lowest BCUT2D eigenvalue weighted by atomic mass is 10.1. The molecule has 25 heavy (non-hydrogen) atoms. The van der Waals surface area contributed by atoms with Gasteiger partial charge in [0.2, 0.25) is 5.56 Å². The van der Waals surface area contributed by atoms with Crippen molar-refractivity contribution in [1.29, 1.82) is 0 Å². The minimum atomic E-state index is -1.03. The minimum absolute atomic E-state index is 0.0579. The normalized spacial score (nSPS) is 11.9. The second-order valence-corrected chi connectivity index (χ2v) is 5.52. The standard InChI is InChI=1S/C18H17N3O4/c1-11-16(17(21-25-11)12-6-3-2-4-7-12)18(24)19-10-14(22)13-8-5-9-15(23)20-13/h2-9,14,22H,10H2,1H3,(H,19,24)(H,20,23). The lowest BCUT2D eigenvalue weighted by Gasteiger charge is -2.12. The number of aliphatic hydroxyl groups excluding tert-OH is 1. The summed E-state index contributed by atoms with van der Waals surface area (Å²) in [4.78, 5) is 26.3. The molecule has 2 heterocycles. The molecular weight excluding hydrogens is 322 g/mol. The fourth-order valence-corrected chi connectivity index (χ4v) is 2.48. The fraction of sp³-hybridized carbons (Fsp3) is 0.167. The van der Waals surface area contributed by atoms with E-state index in [1.54, 1.807) is 13.0 Å². The highest BCUT2D eigenvalue weighted by Crippen LogP contribution is 2.25. The molecule has 0 saturated carbocycles. The van der Waals surface area contributed by atoms with Crippen LogP contribution >= 0.6 is 0 Å². The molecule has 0 aliphatic heterocycles. The molecule has 1 atom stereocenters. The molecule has 3 N–H and O–H groups in total. The van der Waals surface area contributed by atoms with E-state index in [2.05, 4.69) is 15.5 Å². The Labute approximate surface area is 143 Å². The van der Waals surface area contributed by atoms with Crippen molar-refractivity contribution in [3.63, 3.8) is 0 Å². The summed E-state index contributed by atoms with van der Waals surface area (Å²) in [5, 5.41) is 16.7. The molecule has 0 aliphatic rings. The van der Waals surface area contributed by atoms with Gasteiger partial charge in [0.1, 0.15) is 23.1 Å². The predicted molar refractivity (Wildman–Crippen MR) is 91.0 cm³/mol. The summed E-state index contributed by atoms with van der Waals surface area (Å²) in [6, 6.07) is 13.7. The average Bonchev–Trinajstić information content (AvgIpc) is 3.02. The first-order valence-corrected chi connectivity index (χ1v) is 7.73. The van der Waals surface area contributed by atoms with Crippen LogP contribution in [0.15, 0.2) is 57.8 Å². The van der Waals surface area contributed by atoms with Crippen LogP contribution in [-0.2, 0) is 0 Å². The van der Waals surface area contributed by atoms with Gasteiger partial charge in [-0.3, -0.25) is 9.59 Å². The molecule has 0 radical (unpaired) electrons. The van der Waals surface area contributed by atoms with E-state index in [1.807, 2.05) is 30.3 Å². The number of nitrogens with one attached hydrogen (secondary N) is 2. The van der Waals surface area contributed by atoms with Crippen molar-refractivity contribution in [3.05, 3.63) is 75.9 Å². The molecule has 0 aliphatic carbocycles. The lowest BCUT2D eigenvalue weighted by molar-refractivity contribution is 0.0913. The van der Waals surface area contributed by atoms with Crippen LogP contribution in [0.1, 0.15) is 27.9 Å². The molecule has 0 bridgehead atoms. The number of amides is 1. The van der Waals surface area contributed by atoms with Gasteiger partial charge in [-0.2, -0.15) is 0 Å². The highest BCUT2D eigenvalue weighted by Gasteiger charge is 2.22. The first-order chi connectivity index (χ1) is 12.1. The van der Waals surface area contributed by atoms with E-state index < -0.39 is 12.0 Å². The molecule has 7 heteroatoms. The Hall–Kier alpha value is -3.19. The third-order valence-corrected chi connectivity index (χ3v) is 3.74. The summed E-state index contributed by atoms with van der Waals surface area (Å²) in [6.45, 7) is 1.59. The Kier molecular flexibility index (Phi) is 4.76. The number of hydrogen-bond donors (Lipinski definition) is 3. The van der Waals surface area contributed by atoms with E-state index in [-0.39, 0.29) is 12.1 Å². The van der Waals surface area contributed by atoms with Gasteiger partial charge in [-0.15, -0.1) is 0 Å². The van der Waals surface area contributed by atoms with E-state index >= 15 is 0 Å². The van der Waals surface area contributed by atoms with Crippen molar-refractivity contribution in [2.24, 2.45) is 0 Å². The number of carbonyl (C=O) groups is 1. The van der Waals surface area contributed by atoms with E-state index in [9.17, 15) is 14.7 Å². The topological polar surface area (TPSA) is 108 Å². The monoisotopic (exact) mass is 339 g/mol. The van der Waals surface area contributed by atoms with E-state index in [1.165, 1.54) is 12.1 Å². The molecule has 2 aromatic heterocycles. The summed E-state index contributed by atoms with van der Waals surface area (Å²) in [5.74, 6) is -0.0195. The Balaban J connectivity index is 1.76. The van der Waals surface area contributed by atoms with Crippen LogP contribution < -0.4 is 10.9 Å². The van der Waals surface area contributed by atoms with E-state index in [0.717, 1.165) is 5.56 Å². The number of aromatic amines is 1. The predicted octanol–water partition coefficient (Wildman–Crippen LogP) is 1.80. The van der Waals surface area contributed by atoms with Crippen molar-refractivity contribution < 1.29 is 14.4 Å². The highest BCUT2D eigenvalue weighted by molar-refractivity contribution is 6.00. The van der Waals surface area contributed by atoms with Crippen LogP contribution in [-0.4, -0.2) is 27.7 Å². The van der Waals surface area contributed by atoms with Crippen LogP contribution in [0, 0.1) is 6.92 Å². The molecule has 3 rings (SSSR count). The van der Waals surface area contributed by atoms with Gasteiger partial charge in [0.05, 0.1) is 0 Å². The molecule has 1 aromatic carbocycles. The molecule has 0 fully saturated rings. The zero-order chi connectivity index (χ0) is 17.8. The van der Waals surface area contributed by atoms with Crippen molar-refractivity contribution >= 4 is 5.91 Å². The smallest absolute Gasteiger partial charge is 0.257 e. The fourth-order valence-electron chi connectivity index (χ4n) is 2.48. The maximum absolute atomic E-state index is 12.5. The number of H-pyrrole nitrogens is 1. The van der Waals surface area contributed by atoms with Gasteiger partial charge in [-0.05, 0) is 13.0 Å². The van der Waals surface area contributed by atoms with Crippen LogP contribution in [0.2, 0.25) is 0 Å². The van der Waals surface area contributed by atoms with Gasteiger partial charge in [0, 0.05) is 23.9 Å². The quantitative estimate of drug-likeness (QED) is 0.657. The summed E-state index contributed by atoms with van der Waals surface area (Å²) in [5.41, 5.74) is 1.54. The minimum Gasteiger partial charge on any atom is -0.385 e. The zero-order valence-electron chi connectivity index (χ0n) is 13.5. The van der Waals surface area contributed by atoms with Crippen molar-refractivity contribution in [1.82, 2.24) is 15.5 Å². The second kappa shape index (κ2) is 7.14. The number of hydrogen-bond acceptors (Lipinski definition) is 5. The Morgan fingerprint density at radius 2 is 2.00 bits per heavy atom. The third-order valence-electron chi connectivity index (χ3n) is 3.74. The number of aliphatic hydroxyl groups is 1. The average molecular weight is 339 g/mol. The Morgan fingerprint density at radius 1 is 1.24 bits per heavy atom. The number of aromatic nitrogens is 2. The molecule has 0 spiro atoms. The van der Waals surface area contributed by atoms with Crippen LogP contribution in [0.4, 0.5) is 0 Å². The first kappa shape index (κ1) is 16.7. The Morgan fingerprint density at radius 3 is 2.72 bits per heavy atom. The number of pyridine rings is 1. The largest absolute Gasteiger partial charge is 0.385 e. The molecule has 1 amide bonds. The maximum atomic E-state index is 12.5. The van der Waals surface area contributed by atoms with Crippen LogP contribution in [0.3, 0.4) is 0 Å². The summed E-state index contributed by atoms with van der Waals surface area (Å²) >= 11 is 0. The lowest BCUT2D eigenvalue weighted by Crippen LogP contribution is -2.29. The zero-order valence-corrected chi connectivity index (χ0v) is 13.5. The SMILES string of the molecule is Cc1onc(-c2ccccc2)c1C(=O)NCC(O)c1cccc(=O)[nH]1. The molecule has 0 saturated heterocycles. The molecule has 128 valence electrons. The van der Waals surface area contributed by atoms with Crippen molar-refractivity contribution in [2.45, 2.75) is 13.0 Å². The molecule has 1 unspecified atom stereocenters. The maximum Gasteiger partial charge on any atom is 0.257 e. The summed E-state index contributed by atoms with van der Waals surface area (Å²) < 4.78 is 5.16. The molecular formula is C18H17N3O4. The van der Waals surface area contributed by atoms with Crippen LogP contribution in [0.5, 0.6) is 0 Å². The van der Waals surface area contributed by atoms with Crippen molar-refractivity contribution in [2.75, 3.05) is 6.54 Å². The summed E-state index contributed by atoms with van der Waals surface area (Å²) in [7, 11) is 0. The van der Waals surface area contributed by atoms with Gasteiger partial charge in [0.25, 0.3) is 5.91 Å². The molecule has 3 aromatic rings. The van der Waals surface area contributed by atoms with Crippen LogP contribution in [0.25, 0.3) is 11.3 Å². The van der Waals surface area contributed by atoms with Gasteiger partial charge in [-0.1, -0.05) is 41.6 Å². The molecule has 7 nitrogen and oxygen atoms in total. The third kappa shape index (κ3) is 3.67. The highest BCUT2D eigenvalue weighted by atomic mass is 16.5. The van der Waals surface area contributed by atoms with E-state index in [4.69, 9.17) is 4.52 Å².